The molecule has 0 aromatic heterocycles. The zero-order valence-corrected chi connectivity index (χ0v) is 9.90. The number of nitrogens with one attached hydrogen (secondary N) is 1. The average molecular weight is 236 g/mol. The quantitative estimate of drug-likeness (QED) is 0.794. The van der Waals surface area contributed by atoms with Crippen LogP contribution in [0.4, 0.5) is 5.69 Å². The number of carbonyl (C=O) groups excluding carboxylic acids is 2. The summed E-state index contributed by atoms with van der Waals surface area (Å²) in [5.74, 6) is -0.906. The molecule has 1 unspecified atom stereocenters. The summed E-state index contributed by atoms with van der Waals surface area (Å²) in [4.78, 5) is 22.1. The van der Waals surface area contributed by atoms with Crippen molar-refractivity contribution < 1.29 is 14.3 Å². The first-order valence-corrected chi connectivity index (χ1v) is 5.26. The number of hydrogen-bond donors (Lipinski definition) is 2. The summed E-state index contributed by atoms with van der Waals surface area (Å²) in [6.45, 7) is 3.24. The Morgan fingerprint density at radius 1 is 1.47 bits per heavy atom. The van der Waals surface area contributed by atoms with E-state index in [-0.39, 0.29) is 12.5 Å². The number of hydrogen-bond acceptors (Lipinski definition) is 3. The van der Waals surface area contributed by atoms with Gasteiger partial charge in [-0.2, -0.15) is 0 Å². The third-order valence-electron chi connectivity index (χ3n) is 2.17. The Morgan fingerprint density at radius 3 is 2.76 bits per heavy atom. The van der Waals surface area contributed by atoms with Crippen LogP contribution < -0.4 is 11.1 Å². The van der Waals surface area contributed by atoms with Crippen LogP contribution in [-0.2, 0) is 14.3 Å². The van der Waals surface area contributed by atoms with Crippen LogP contribution >= 0.6 is 0 Å². The van der Waals surface area contributed by atoms with Gasteiger partial charge in [0.1, 0.15) is 12.7 Å². The average Bonchev–Trinajstić information content (AvgIpc) is 2.25. The number of carbonyl (C=O) groups is 2. The van der Waals surface area contributed by atoms with Crippen molar-refractivity contribution in [1.29, 1.82) is 0 Å². The smallest absolute Gasteiger partial charge is 0.250 e. The van der Waals surface area contributed by atoms with Crippen LogP contribution in [0.25, 0.3) is 0 Å². The van der Waals surface area contributed by atoms with E-state index >= 15 is 0 Å². The van der Waals surface area contributed by atoms with Crippen molar-refractivity contribution in [1.82, 2.24) is 0 Å². The van der Waals surface area contributed by atoms with Crippen molar-refractivity contribution in [3.05, 3.63) is 29.8 Å². The summed E-state index contributed by atoms with van der Waals surface area (Å²) in [6.07, 6.45) is -0.766. The fourth-order valence-electron chi connectivity index (χ4n) is 1.20. The van der Waals surface area contributed by atoms with Crippen molar-refractivity contribution in [2.45, 2.75) is 20.0 Å². The summed E-state index contributed by atoms with van der Waals surface area (Å²) in [5.41, 5.74) is 6.75. The highest BCUT2D eigenvalue weighted by atomic mass is 16.5. The lowest BCUT2D eigenvalue weighted by molar-refractivity contribution is -0.132. The van der Waals surface area contributed by atoms with Crippen LogP contribution in [0, 0.1) is 6.92 Å². The van der Waals surface area contributed by atoms with Crippen LogP contribution in [0.2, 0.25) is 0 Å². The number of anilines is 1. The van der Waals surface area contributed by atoms with Gasteiger partial charge in [-0.1, -0.05) is 12.1 Å². The number of benzene rings is 1. The van der Waals surface area contributed by atoms with E-state index in [0.717, 1.165) is 5.56 Å². The zero-order chi connectivity index (χ0) is 12.8. The molecule has 0 aliphatic heterocycles. The standard InChI is InChI=1S/C12H16N2O3/c1-8-4-3-5-10(6-8)14-11(15)7-17-9(2)12(13)16/h3-6,9H,7H2,1-2H3,(H2,13,16)(H,14,15). The summed E-state index contributed by atoms with van der Waals surface area (Å²) in [7, 11) is 0. The molecular formula is C12H16N2O3. The molecule has 5 heteroatoms. The van der Waals surface area contributed by atoms with Gasteiger partial charge in [0, 0.05) is 5.69 Å². The van der Waals surface area contributed by atoms with Gasteiger partial charge >= 0.3 is 0 Å². The van der Waals surface area contributed by atoms with E-state index in [1.807, 2.05) is 25.1 Å². The second-order valence-electron chi connectivity index (χ2n) is 3.77. The molecule has 0 saturated carbocycles. The van der Waals surface area contributed by atoms with E-state index in [1.54, 1.807) is 6.07 Å². The van der Waals surface area contributed by atoms with Gasteiger partial charge < -0.3 is 15.8 Å². The molecule has 0 heterocycles. The lowest BCUT2D eigenvalue weighted by atomic mass is 10.2. The van der Waals surface area contributed by atoms with Crippen LogP contribution in [0.5, 0.6) is 0 Å². The summed E-state index contributed by atoms with van der Waals surface area (Å²) < 4.78 is 4.98. The fraction of sp³-hybridized carbons (Fsp3) is 0.333. The van der Waals surface area contributed by atoms with E-state index in [2.05, 4.69) is 5.32 Å². The highest BCUT2D eigenvalue weighted by Gasteiger charge is 2.11. The van der Waals surface area contributed by atoms with Gasteiger partial charge in [-0.25, -0.2) is 0 Å². The predicted molar refractivity (Wildman–Crippen MR) is 64.4 cm³/mol. The molecule has 0 bridgehead atoms. The molecule has 1 aromatic carbocycles. The van der Waals surface area contributed by atoms with E-state index in [4.69, 9.17) is 10.5 Å². The van der Waals surface area contributed by atoms with Crippen LogP contribution in [0.1, 0.15) is 12.5 Å². The third-order valence-corrected chi connectivity index (χ3v) is 2.17. The first kappa shape index (κ1) is 13.2. The molecule has 2 amide bonds. The topological polar surface area (TPSA) is 81.4 Å². The number of nitrogens with two attached hydrogens (primary N) is 1. The van der Waals surface area contributed by atoms with Crippen molar-refractivity contribution in [3.8, 4) is 0 Å². The number of ether oxygens (including phenoxy) is 1. The molecule has 0 aliphatic carbocycles. The monoisotopic (exact) mass is 236 g/mol. The molecule has 1 aromatic rings. The third kappa shape index (κ3) is 4.65. The normalized spacial score (nSPS) is 11.9. The maximum absolute atomic E-state index is 11.5. The van der Waals surface area contributed by atoms with Gasteiger partial charge in [-0.15, -0.1) is 0 Å². The molecule has 0 saturated heterocycles. The molecule has 0 aliphatic rings. The van der Waals surface area contributed by atoms with Gasteiger partial charge in [-0.3, -0.25) is 9.59 Å². The molecule has 0 fully saturated rings. The Morgan fingerprint density at radius 2 is 2.18 bits per heavy atom. The Bertz CT molecular complexity index is 418. The van der Waals surface area contributed by atoms with E-state index in [1.165, 1.54) is 6.92 Å². The molecule has 1 atom stereocenters. The van der Waals surface area contributed by atoms with Gasteiger partial charge in [0.2, 0.25) is 11.8 Å². The lowest BCUT2D eigenvalue weighted by Crippen LogP contribution is -2.31. The van der Waals surface area contributed by atoms with E-state index in [9.17, 15) is 9.59 Å². The molecule has 92 valence electrons. The zero-order valence-electron chi connectivity index (χ0n) is 9.90. The Labute approximate surface area is 99.9 Å². The Balaban J connectivity index is 2.42. The van der Waals surface area contributed by atoms with Crippen LogP contribution in [0.3, 0.4) is 0 Å². The molecule has 5 nitrogen and oxygen atoms in total. The van der Waals surface area contributed by atoms with Crippen molar-refractivity contribution in [3.63, 3.8) is 0 Å². The summed E-state index contributed by atoms with van der Waals surface area (Å²) in [5, 5.41) is 2.66. The minimum atomic E-state index is -0.766. The molecule has 3 N–H and O–H groups in total. The highest BCUT2D eigenvalue weighted by Crippen LogP contribution is 2.09. The molecule has 0 spiro atoms. The van der Waals surface area contributed by atoms with Gasteiger partial charge in [0.15, 0.2) is 0 Å². The second kappa shape index (κ2) is 6.00. The molecule has 0 radical (unpaired) electrons. The minimum Gasteiger partial charge on any atom is -0.367 e. The summed E-state index contributed by atoms with van der Waals surface area (Å²) in [6, 6.07) is 7.40. The number of amides is 2. The maximum atomic E-state index is 11.5. The minimum absolute atomic E-state index is 0.196. The second-order valence-corrected chi connectivity index (χ2v) is 3.77. The van der Waals surface area contributed by atoms with Crippen molar-refractivity contribution >= 4 is 17.5 Å². The number of primary amides is 1. The highest BCUT2D eigenvalue weighted by molar-refractivity contribution is 5.92. The van der Waals surface area contributed by atoms with Crippen LogP contribution in [0.15, 0.2) is 24.3 Å². The first-order valence-electron chi connectivity index (χ1n) is 5.26. The largest absolute Gasteiger partial charge is 0.367 e. The van der Waals surface area contributed by atoms with Crippen LogP contribution in [-0.4, -0.2) is 24.5 Å². The molecule has 17 heavy (non-hydrogen) atoms. The fourth-order valence-corrected chi connectivity index (χ4v) is 1.20. The Hall–Kier alpha value is -1.88. The van der Waals surface area contributed by atoms with Crippen molar-refractivity contribution in [2.24, 2.45) is 5.73 Å². The number of aryl methyl sites for hydroxylation is 1. The lowest BCUT2D eigenvalue weighted by Gasteiger charge is -2.09. The van der Waals surface area contributed by atoms with Crippen molar-refractivity contribution in [2.75, 3.05) is 11.9 Å². The predicted octanol–water partition coefficient (Wildman–Crippen LogP) is 0.824. The summed E-state index contributed by atoms with van der Waals surface area (Å²) >= 11 is 0. The van der Waals surface area contributed by atoms with E-state index in [0.29, 0.717) is 5.69 Å². The maximum Gasteiger partial charge on any atom is 0.250 e. The first-order chi connectivity index (χ1) is 7.99. The molecule has 1 rings (SSSR count). The van der Waals surface area contributed by atoms with Gasteiger partial charge in [0.05, 0.1) is 0 Å². The molecular weight excluding hydrogens is 220 g/mol. The Kier molecular flexibility index (Phi) is 4.66. The van der Waals surface area contributed by atoms with E-state index < -0.39 is 12.0 Å². The SMILES string of the molecule is Cc1cccc(NC(=O)COC(C)C(N)=O)c1. The van der Waals surface area contributed by atoms with Gasteiger partial charge in [0.25, 0.3) is 0 Å². The number of rotatable bonds is 5. The van der Waals surface area contributed by atoms with Gasteiger partial charge in [-0.05, 0) is 31.5 Å².